The summed E-state index contributed by atoms with van der Waals surface area (Å²) in [6.07, 6.45) is 1.34. The molecular weight excluding hydrogens is 272 g/mol. The van der Waals surface area contributed by atoms with E-state index in [1.54, 1.807) is 31.4 Å². The zero-order chi connectivity index (χ0) is 14.2. The van der Waals surface area contributed by atoms with E-state index in [-0.39, 0.29) is 10.7 Å². The molecule has 0 radical (unpaired) electrons. The van der Waals surface area contributed by atoms with Crippen LogP contribution in [0.4, 0.5) is 0 Å². The Bertz CT molecular complexity index is 575. The van der Waals surface area contributed by atoms with Crippen molar-refractivity contribution in [3.8, 4) is 6.07 Å². The highest BCUT2D eigenvalue weighted by Crippen LogP contribution is 2.46. The Labute approximate surface area is 122 Å². The van der Waals surface area contributed by atoms with Gasteiger partial charge in [0.15, 0.2) is 0 Å². The number of nitrogens with zero attached hydrogens (tertiary/aromatic N) is 2. The number of amides is 1. The zero-order valence-corrected chi connectivity index (χ0v) is 12.2. The maximum Gasteiger partial charge on any atom is 0.253 e. The molecule has 0 saturated carbocycles. The smallest absolute Gasteiger partial charge is 0.253 e. The Hall–Kier alpha value is -1.51. The lowest BCUT2D eigenvalue weighted by Crippen LogP contribution is -2.60. The van der Waals surface area contributed by atoms with E-state index in [2.05, 4.69) is 6.07 Å². The van der Waals surface area contributed by atoms with E-state index in [0.717, 1.165) is 25.3 Å². The fraction of sp³-hybridized carbons (Fsp3) is 0.467. The molecule has 1 amide bonds. The third-order valence-corrected chi connectivity index (χ3v) is 5.57. The van der Waals surface area contributed by atoms with Gasteiger partial charge in [-0.1, -0.05) is 6.07 Å². The molecule has 0 aliphatic carbocycles. The number of methoxy groups -OCH3 is 1. The van der Waals surface area contributed by atoms with Crippen LogP contribution in [-0.4, -0.2) is 47.6 Å². The van der Waals surface area contributed by atoms with Crippen LogP contribution in [0.1, 0.15) is 22.3 Å². The molecule has 4 nitrogen and oxygen atoms in total. The SMILES string of the molecule is COC1CSC2(C1)CN(C(=O)c1cccc(C#N)c1)C2. The number of ether oxygens (including phenoxy) is 1. The van der Waals surface area contributed by atoms with Gasteiger partial charge in [0.1, 0.15) is 0 Å². The third kappa shape index (κ3) is 2.30. The monoisotopic (exact) mass is 288 g/mol. The molecule has 5 heteroatoms. The van der Waals surface area contributed by atoms with E-state index in [1.165, 1.54) is 0 Å². The first-order chi connectivity index (χ1) is 9.65. The van der Waals surface area contributed by atoms with Gasteiger partial charge in [0.2, 0.25) is 0 Å². The Balaban J connectivity index is 1.65. The minimum Gasteiger partial charge on any atom is -0.381 e. The number of thioether (sulfide) groups is 1. The second-order valence-corrected chi connectivity index (χ2v) is 6.90. The molecule has 2 saturated heterocycles. The summed E-state index contributed by atoms with van der Waals surface area (Å²) in [7, 11) is 1.75. The predicted molar refractivity (Wildman–Crippen MR) is 77.7 cm³/mol. The van der Waals surface area contributed by atoms with Crippen LogP contribution in [0.2, 0.25) is 0 Å². The molecule has 0 aromatic heterocycles. The third-order valence-electron chi connectivity index (χ3n) is 3.99. The van der Waals surface area contributed by atoms with Crippen molar-refractivity contribution in [3.63, 3.8) is 0 Å². The lowest BCUT2D eigenvalue weighted by molar-refractivity contribution is 0.0452. The number of hydrogen-bond donors (Lipinski definition) is 0. The van der Waals surface area contributed by atoms with E-state index in [4.69, 9.17) is 10.00 Å². The van der Waals surface area contributed by atoms with Gasteiger partial charge in [0.05, 0.1) is 22.5 Å². The van der Waals surface area contributed by atoms with Crippen molar-refractivity contribution < 1.29 is 9.53 Å². The molecule has 0 N–H and O–H groups in total. The maximum atomic E-state index is 12.4. The van der Waals surface area contributed by atoms with Gasteiger partial charge in [0.25, 0.3) is 5.91 Å². The van der Waals surface area contributed by atoms with Crippen LogP contribution >= 0.6 is 11.8 Å². The maximum absolute atomic E-state index is 12.4. The Morgan fingerprint density at radius 3 is 3.00 bits per heavy atom. The van der Waals surface area contributed by atoms with Crippen LogP contribution in [0, 0.1) is 11.3 Å². The predicted octanol–water partition coefficient (Wildman–Crippen LogP) is 1.90. The highest BCUT2D eigenvalue weighted by atomic mass is 32.2. The summed E-state index contributed by atoms with van der Waals surface area (Å²) < 4.78 is 5.59. The highest BCUT2D eigenvalue weighted by Gasteiger charge is 2.50. The van der Waals surface area contributed by atoms with Crippen LogP contribution in [-0.2, 0) is 4.74 Å². The average Bonchev–Trinajstić information content (AvgIpc) is 2.89. The van der Waals surface area contributed by atoms with Gasteiger partial charge < -0.3 is 9.64 Å². The lowest BCUT2D eigenvalue weighted by atomic mass is 9.92. The van der Waals surface area contributed by atoms with Crippen LogP contribution < -0.4 is 0 Å². The molecule has 1 aromatic carbocycles. The Kier molecular flexibility index (Phi) is 3.45. The van der Waals surface area contributed by atoms with E-state index >= 15 is 0 Å². The summed E-state index contributed by atoms with van der Waals surface area (Å²) in [6, 6.07) is 8.97. The molecule has 104 valence electrons. The number of benzene rings is 1. The molecule has 2 fully saturated rings. The van der Waals surface area contributed by atoms with Crippen molar-refractivity contribution >= 4 is 17.7 Å². The van der Waals surface area contributed by atoms with Crippen molar-refractivity contribution in [1.29, 1.82) is 5.26 Å². The van der Waals surface area contributed by atoms with Crippen molar-refractivity contribution in [3.05, 3.63) is 35.4 Å². The van der Waals surface area contributed by atoms with E-state index in [0.29, 0.717) is 17.2 Å². The van der Waals surface area contributed by atoms with E-state index in [9.17, 15) is 4.79 Å². The fourth-order valence-electron chi connectivity index (χ4n) is 2.87. The Morgan fingerprint density at radius 2 is 2.35 bits per heavy atom. The molecule has 3 rings (SSSR count). The van der Waals surface area contributed by atoms with Gasteiger partial charge in [-0.3, -0.25) is 4.79 Å². The fourth-order valence-corrected chi connectivity index (χ4v) is 4.46. The summed E-state index contributed by atoms with van der Waals surface area (Å²) in [4.78, 5) is 14.2. The second kappa shape index (κ2) is 5.12. The molecular formula is C15H16N2O2S. The van der Waals surface area contributed by atoms with Crippen molar-refractivity contribution in [2.75, 3.05) is 26.0 Å². The van der Waals surface area contributed by atoms with Crippen molar-refractivity contribution in [2.24, 2.45) is 0 Å². The molecule has 1 atom stereocenters. The second-order valence-electron chi connectivity index (χ2n) is 5.41. The molecule has 0 bridgehead atoms. The van der Waals surface area contributed by atoms with Gasteiger partial charge in [-0.15, -0.1) is 11.8 Å². The Morgan fingerprint density at radius 1 is 1.55 bits per heavy atom. The van der Waals surface area contributed by atoms with E-state index < -0.39 is 0 Å². The molecule has 2 aliphatic heterocycles. The van der Waals surface area contributed by atoms with E-state index in [1.807, 2.05) is 16.7 Å². The highest BCUT2D eigenvalue weighted by molar-refractivity contribution is 8.01. The van der Waals surface area contributed by atoms with Gasteiger partial charge in [-0.05, 0) is 24.6 Å². The molecule has 2 heterocycles. The van der Waals surface area contributed by atoms with Crippen LogP contribution in [0.3, 0.4) is 0 Å². The van der Waals surface area contributed by atoms with Crippen molar-refractivity contribution in [2.45, 2.75) is 17.3 Å². The van der Waals surface area contributed by atoms with Crippen LogP contribution in [0.5, 0.6) is 0 Å². The first-order valence-electron chi connectivity index (χ1n) is 6.62. The number of rotatable bonds is 2. The van der Waals surface area contributed by atoms with Crippen LogP contribution in [0.25, 0.3) is 0 Å². The standard InChI is InChI=1S/C15H16N2O2S/c1-19-13-6-15(20-8-13)9-17(10-15)14(18)12-4-2-3-11(5-12)7-16/h2-5,13H,6,8-10H2,1H3. The molecule has 1 aromatic rings. The lowest BCUT2D eigenvalue weighted by Gasteiger charge is -2.47. The largest absolute Gasteiger partial charge is 0.381 e. The first-order valence-corrected chi connectivity index (χ1v) is 7.60. The normalized spacial score (nSPS) is 23.4. The molecule has 20 heavy (non-hydrogen) atoms. The van der Waals surface area contributed by atoms with Crippen LogP contribution in [0.15, 0.2) is 24.3 Å². The average molecular weight is 288 g/mol. The quantitative estimate of drug-likeness (QED) is 0.834. The number of carbonyl (C=O) groups excluding carboxylic acids is 1. The topological polar surface area (TPSA) is 53.3 Å². The summed E-state index contributed by atoms with van der Waals surface area (Å²) in [5.41, 5.74) is 1.13. The number of likely N-dealkylation sites (tertiary alicyclic amines) is 1. The minimum atomic E-state index is 0.0224. The first kappa shape index (κ1) is 13.5. The van der Waals surface area contributed by atoms with Gasteiger partial charge in [-0.25, -0.2) is 0 Å². The summed E-state index contributed by atoms with van der Waals surface area (Å²) in [5, 5.41) is 8.89. The summed E-state index contributed by atoms with van der Waals surface area (Å²) in [6.45, 7) is 1.57. The summed E-state index contributed by atoms with van der Waals surface area (Å²) >= 11 is 1.92. The van der Waals surface area contributed by atoms with Crippen molar-refractivity contribution in [1.82, 2.24) is 4.90 Å². The number of carbonyl (C=O) groups is 1. The van der Waals surface area contributed by atoms with Gasteiger partial charge >= 0.3 is 0 Å². The number of nitriles is 1. The molecule has 1 spiro atoms. The number of hydrogen-bond acceptors (Lipinski definition) is 4. The summed E-state index contributed by atoms with van der Waals surface area (Å²) in [5.74, 6) is 1.04. The molecule has 1 unspecified atom stereocenters. The van der Waals surface area contributed by atoms with Gasteiger partial charge in [-0.2, -0.15) is 5.26 Å². The van der Waals surface area contributed by atoms with Gasteiger partial charge in [0, 0.05) is 31.5 Å². The molecule has 2 aliphatic rings. The zero-order valence-electron chi connectivity index (χ0n) is 11.3. The minimum absolute atomic E-state index is 0.0224.